The van der Waals surface area contributed by atoms with E-state index >= 15 is 0 Å². The molecule has 1 fully saturated rings. The molecule has 7 nitrogen and oxygen atoms in total. The van der Waals surface area contributed by atoms with Crippen molar-refractivity contribution in [2.45, 2.75) is 57.7 Å². The minimum absolute atomic E-state index is 0.0608. The number of aromatic amines is 1. The van der Waals surface area contributed by atoms with Crippen LogP contribution in [0.5, 0.6) is 5.75 Å². The van der Waals surface area contributed by atoms with Gasteiger partial charge in [0.2, 0.25) is 5.91 Å². The monoisotopic (exact) mass is 448 g/mol. The summed E-state index contributed by atoms with van der Waals surface area (Å²) in [7, 11) is 1.66. The Hall–Kier alpha value is -2.93. The maximum atomic E-state index is 13.2. The molecule has 0 spiro atoms. The van der Waals surface area contributed by atoms with Gasteiger partial charge in [-0.15, -0.1) is 0 Å². The van der Waals surface area contributed by atoms with E-state index in [1.165, 1.54) is 5.56 Å². The van der Waals surface area contributed by atoms with Crippen LogP contribution in [0.2, 0.25) is 0 Å². The summed E-state index contributed by atoms with van der Waals surface area (Å²) in [4.78, 5) is 38.4. The van der Waals surface area contributed by atoms with Crippen LogP contribution in [0.3, 0.4) is 0 Å². The van der Waals surface area contributed by atoms with Crippen LogP contribution in [0.4, 0.5) is 0 Å². The Morgan fingerprint density at radius 1 is 1.18 bits per heavy atom. The molecule has 3 heterocycles. The molecule has 174 valence electrons. The number of fused-ring (bicyclic) bond motifs is 1. The maximum absolute atomic E-state index is 13.2. The van der Waals surface area contributed by atoms with Crippen LogP contribution in [0, 0.1) is 5.92 Å². The largest absolute Gasteiger partial charge is 0.497 e. The Bertz CT molecular complexity index is 1090. The number of carbonyl (C=O) groups excluding carboxylic acids is 1. The molecular weight excluding hydrogens is 416 g/mol. The van der Waals surface area contributed by atoms with Crippen LogP contribution in [-0.2, 0) is 24.3 Å². The van der Waals surface area contributed by atoms with Gasteiger partial charge in [0.1, 0.15) is 11.6 Å². The fourth-order valence-electron chi connectivity index (χ4n) is 5.35. The van der Waals surface area contributed by atoms with Gasteiger partial charge in [-0.05, 0) is 49.8 Å². The average Bonchev–Trinajstić information content (AvgIpc) is 3.35. The molecule has 2 aromatic rings. The molecule has 1 aliphatic carbocycles. The molecule has 2 aliphatic heterocycles. The third kappa shape index (κ3) is 4.60. The Labute approximate surface area is 194 Å². The van der Waals surface area contributed by atoms with Crippen molar-refractivity contribution in [3.8, 4) is 5.75 Å². The molecule has 33 heavy (non-hydrogen) atoms. The number of benzene rings is 1. The van der Waals surface area contributed by atoms with E-state index in [1.807, 2.05) is 17.0 Å². The molecule has 0 radical (unpaired) electrons. The third-order valence-electron chi connectivity index (χ3n) is 7.20. The number of ether oxygens (including phenoxy) is 1. The molecule has 5 rings (SSSR count). The summed E-state index contributed by atoms with van der Waals surface area (Å²) in [5, 5.41) is 0. The van der Waals surface area contributed by atoms with E-state index in [2.05, 4.69) is 34.2 Å². The molecule has 1 saturated heterocycles. The molecule has 0 bridgehead atoms. The number of aromatic nitrogens is 2. The highest BCUT2D eigenvalue weighted by atomic mass is 16.5. The summed E-state index contributed by atoms with van der Waals surface area (Å²) in [5.74, 6) is 1.79. The Morgan fingerprint density at radius 2 is 2.03 bits per heavy atom. The first-order valence-electron chi connectivity index (χ1n) is 12.0. The summed E-state index contributed by atoms with van der Waals surface area (Å²) in [6.45, 7) is 2.98. The normalized spacial score (nSPS) is 22.9. The number of hydrogen-bond donors (Lipinski definition) is 1. The van der Waals surface area contributed by atoms with Crippen LogP contribution in [0.15, 0.2) is 41.2 Å². The van der Waals surface area contributed by atoms with Gasteiger partial charge < -0.3 is 14.6 Å². The second-order valence-electron chi connectivity index (χ2n) is 9.36. The van der Waals surface area contributed by atoms with Crippen molar-refractivity contribution in [1.29, 1.82) is 0 Å². The molecule has 1 aromatic heterocycles. The van der Waals surface area contributed by atoms with Gasteiger partial charge >= 0.3 is 0 Å². The molecular formula is C26H32N4O3. The van der Waals surface area contributed by atoms with Crippen LogP contribution in [-0.4, -0.2) is 45.9 Å². The fraction of sp³-hybridized carbons (Fsp3) is 0.500. The van der Waals surface area contributed by atoms with Crippen molar-refractivity contribution in [2.24, 2.45) is 5.92 Å². The van der Waals surface area contributed by atoms with Crippen LogP contribution in [0.1, 0.15) is 60.8 Å². The van der Waals surface area contributed by atoms with Gasteiger partial charge in [-0.1, -0.05) is 24.3 Å². The Morgan fingerprint density at radius 3 is 2.79 bits per heavy atom. The highest BCUT2D eigenvalue weighted by molar-refractivity contribution is 5.80. The number of carbonyl (C=O) groups is 1. The van der Waals surface area contributed by atoms with Crippen molar-refractivity contribution >= 4 is 5.91 Å². The zero-order valence-electron chi connectivity index (χ0n) is 19.3. The number of hydrogen-bond acceptors (Lipinski definition) is 5. The predicted octanol–water partition coefficient (Wildman–Crippen LogP) is 3.36. The third-order valence-corrected chi connectivity index (χ3v) is 7.20. The van der Waals surface area contributed by atoms with Gasteiger partial charge in [0, 0.05) is 38.5 Å². The number of amides is 1. The second-order valence-corrected chi connectivity index (χ2v) is 9.36. The fourth-order valence-corrected chi connectivity index (χ4v) is 5.35. The second kappa shape index (κ2) is 9.51. The lowest BCUT2D eigenvalue weighted by Gasteiger charge is -2.31. The molecule has 1 N–H and O–H groups in total. The minimum atomic E-state index is -0.112. The van der Waals surface area contributed by atoms with Crippen molar-refractivity contribution in [2.75, 3.05) is 20.2 Å². The van der Waals surface area contributed by atoms with Gasteiger partial charge in [-0.25, -0.2) is 4.98 Å². The highest BCUT2D eigenvalue weighted by Gasteiger charge is 2.36. The number of nitrogens with zero attached hydrogens (tertiary/aromatic N) is 3. The van der Waals surface area contributed by atoms with E-state index in [1.54, 1.807) is 7.11 Å². The number of H-pyrrole nitrogens is 1. The van der Waals surface area contributed by atoms with Gasteiger partial charge in [0.25, 0.3) is 5.56 Å². The molecule has 1 aromatic carbocycles. The standard InChI is InChI=1S/C26H32N4O3/c1-33-20-11-9-18(10-12-20)16-29-15-13-22-21(17-29)25(31)28-24(27-22)23-8-5-14-30(23)26(32)19-6-3-2-4-7-19/h2-3,9-12,19,23H,4-8,13-17H2,1H3,(H,27,28,31). The lowest BCUT2D eigenvalue weighted by Crippen LogP contribution is -2.39. The molecule has 1 amide bonds. The zero-order valence-corrected chi connectivity index (χ0v) is 19.3. The molecule has 0 saturated carbocycles. The summed E-state index contributed by atoms with van der Waals surface area (Å²) in [6, 6.07) is 7.94. The van der Waals surface area contributed by atoms with Crippen LogP contribution >= 0.6 is 0 Å². The van der Waals surface area contributed by atoms with Crippen molar-refractivity contribution in [3.05, 3.63) is 69.4 Å². The topological polar surface area (TPSA) is 78.5 Å². The van der Waals surface area contributed by atoms with Crippen LogP contribution < -0.4 is 10.3 Å². The summed E-state index contributed by atoms with van der Waals surface area (Å²) in [6.07, 6.45) is 9.54. The Balaban J connectivity index is 1.31. The van der Waals surface area contributed by atoms with E-state index < -0.39 is 0 Å². The van der Waals surface area contributed by atoms with Crippen molar-refractivity contribution < 1.29 is 9.53 Å². The van der Waals surface area contributed by atoms with E-state index in [0.29, 0.717) is 12.4 Å². The van der Waals surface area contributed by atoms with Gasteiger partial charge in [-0.3, -0.25) is 14.5 Å². The van der Waals surface area contributed by atoms with E-state index in [4.69, 9.17) is 9.72 Å². The number of rotatable bonds is 5. The van der Waals surface area contributed by atoms with Gasteiger partial charge in [0.05, 0.1) is 24.4 Å². The van der Waals surface area contributed by atoms with Gasteiger partial charge in [0.15, 0.2) is 0 Å². The molecule has 2 unspecified atom stereocenters. The summed E-state index contributed by atoms with van der Waals surface area (Å²) < 4.78 is 5.24. The first kappa shape index (κ1) is 21.9. The molecule has 3 aliphatic rings. The van der Waals surface area contributed by atoms with Gasteiger partial charge in [-0.2, -0.15) is 0 Å². The maximum Gasteiger partial charge on any atom is 0.255 e. The lowest BCUT2D eigenvalue weighted by atomic mass is 9.93. The zero-order chi connectivity index (χ0) is 22.8. The molecule has 7 heteroatoms. The number of nitrogens with one attached hydrogen (secondary N) is 1. The van der Waals surface area contributed by atoms with Crippen molar-refractivity contribution in [1.82, 2.24) is 19.8 Å². The van der Waals surface area contributed by atoms with E-state index in [9.17, 15) is 9.59 Å². The van der Waals surface area contributed by atoms with E-state index in [0.717, 1.165) is 75.2 Å². The first-order valence-corrected chi connectivity index (χ1v) is 12.0. The van der Waals surface area contributed by atoms with E-state index in [-0.39, 0.29) is 23.4 Å². The number of methoxy groups -OCH3 is 1. The summed E-state index contributed by atoms with van der Waals surface area (Å²) in [5.41, 5.74) is 2.78. The predicted molar refractivity (Wildman–Crippen MR) is 126 cm³/mol. The first-order chi connectivity index (χ1) is 16.1. The van der Waals surface area contributed by atoms with Crippen molar-refractivity contribution in [3.63, 3.8) is 0 Å². The average molecular weight is 449 g/mol. The quantitative estimate of drug-likeness (QED) is 0.710. The number of likely N-dealkylation sites (tertiary alicyclic amines) is 1. The summed E-state index contributed by atoms with van der Waals surface area (Å²) >= 11 is 0. The number of allylic oxidation sites excluding steroid dienone is 2. The Kier molecular flexibility index (Phi) is 6.31. The smallest absolute Gasteiger partial charge is 0.255 e. The minimum Gasteiger partial charge on any atom is -0.497 e. The SMILES string of the molecule is COc1ccc(CN2CCc3nc(C4CCCN4C(=O)C4CC=CCC4)[nH]c(=O)c3C2)cc1. The molecule has 2 atom stereocenters. The lowest BCUT2D eigenvalue weighted by molar-refractivity contribution is -0.136. The van der Waals surface area contributed by atoms with Crippen LogP contribution in [0.25, 0.3) is 0 Å². The highest BCUT2D eigenvalue weighted by Crippen LogP contribution is 2.33.